The fourth-order valence-corrected chi connectivity index (χ4v) is 1.56. The van der Waals surface area contributed by atoms with Crippen LogP contribution in [-0.4, -0.2) is 41.0 Å². The van der Waals surface area contributed by atoms with Gasteiger partial charge in [0.2, 0.25) is 0 Å². The number of hydrogen-bond donors (Lipinski definition) is 2. The maximum absolute atomic E-state index is 3.97. The van der Waals surface area contributed by atoms with E-state index in [0.717, 1.165) is 31.4 Å². The number of H-pyrrole nitrogens is 1. The van der Waals surface area contributed by atoms with E-state index in [4.69, 9.17) is 0 Å². The van der Waals surface area contributed by atoms with Crippen LogP contribution in [-0.2, 0) is 6.54 Å². The molecular weight excluding hydrogens is 176 g/mol. The molecule has 0 radical (unpaired) electrons. The molecule has 2 rings (SSSR count). The van der Waals surface area contributed by atoms with Gasteiger partial charge in [0.1, 0.15) is 0 Å². The standard InChI is InChI=1S/C10H18N4/c1-14(10-2-3-10)5-4-11-6-9-7-12-8-13-9/h7-8,10-11H,2-6H2,1H3,(H,12,13). The summed E-state index contributed by atoms with van der Waals surface area (Å²) >= 11 is 0. The van der Waals surface area contributed by atoms with Crippen LogP contribution in [0.15, 0.2) is 12.5 Å². The maximum Gasteiger partial charge on any atom is 0.0922 e. The van der Waals surface area contributed by atoms with Gasteiger partial charge in [0.05, 0.1) is 6.33 Å². The molecule has 4 nitrogen and oxygen atoms in total. The molecule has 1 fully saturated rings. The van der Waals surface area contributed by atoms with Gasteiger partial charge in [-0.2, -0.15) is 0 Å². The Labute approximate surface area is 84.7 Å². The molecule has 1 aliphatic carbocycles. The first-order valence-corrected chi connectivity index (χ1v) is 5.24. The van der Waals surface area contributed by atoms with Gasteiger partial charge in [0.15, 0.2) is 0 Å². The summed E-state index contributed by atoms with van der Waals surface area (Å²) in [6, 6.07) is 0.865. The highest BCUT2D eigenvalue weighted by Gasteiger charge is 2.25. The Morgan fingerprint density at radius 1 is 1.64 bits per heavy atom. The van der Waals surface area contributed by atoms with Gasteiger partial charge < -0.3 is 15.2 Å². The van der Waals surface area contributed by atoms with E-state index in [1.54, 1.807) is 6.33 Å². The fraction of sp³-hybridized carbons (Fsp3) is 0.700. The molecule has 4 heteroatoms. The van der Waals surface area contributed by atoms with E-state index in [0.29, 0.717) is 0 Å². The van der Waals surface area contributed by atoms with Crippen molar-refractivity contribution < 1.29 is 0 Å². The third-order valence-corrected chi connectivity index (χ3v) is 2.68. The van der Waals surface area contributed by atoms with Crippen LogP contribution in [0.4, 0.5) is 0 Å². The van der Waals surface area contributed by atoms with Crippen LogP contribution >= 0.6 is 0 Å². The fourth-order valence-electron chi connectivity index (χ4n) is 1.56. The molecule has 1 saturated carbocycles. The maximum atomic E-state index is 3.97. The van der Waals surface area contributed by atoms with Gasteiger partial charge in [-0.25, -0.2) is 4.98 Å². The van der Waals surface area contributed by atoms with Crippen molar-refractivity contribution in [3.8, 4) is 0 Å². The molecule has 14 heavy (non-hydrogen) atoms. The van der Waals surface area contributed by atoms with E-state index in [-0.39, 0.29) is 0 Å². The smallest absolute Gasteiger partial charge is 0.0922 e. The lowest BCUT2D eigenvalue weighted by atomic mass is 10.4. The van der Waals surface area contributed by atoms with Crippen LogP contribution < -0.4 is 5.32 Å². The predicted octanol–water partition coefficient (Wildman–Crippen LogP) is 0.593. The summed E-state index contributed by atoms with van der Waals surface area (Å²) in [7, 11) is 2.20. The summed E-state index contributed by atoms with van der Waals surface area (Å²) < 4.78 is 0. The first-order valence-electron chi connectivity index (χ1n) is 5.24. The van der Waals surface area contributed by atoms with Crippen LogP contribution in [0.5, 0.6) is 0 Å². The van der Waals surface area contributed by atoms with E-state index in [2.05, 4.69) is 27.2 Å². The highest BCUT2D eigenvalue weighted by atomic mass is 15.2. The van der Waals surface area contributed by atoms with E-state index in [9.17, 15) is 0 Å². The lowest BCUT2D eigenvalue weighted by Crippen LogP contribution is -2.30. The SMILES string of the molecule is CN(CCNCc1cnc[nH]1)C1CC1. The molecular formula is C10H18N4. The number of aromatic amines is 1. The highest BCUT2D eigenvalue weighted by Crippen LogP contribution is 2.24. The van der Waals surface area contributed by atoms with Crippen molar-refractivity contribution in [2.45, 2.75) is 25.4 Å². The summed E-state index contributed by atoms with van der Waals surface area (Å²) in [4.78, 5) is 9.47. The van der Waals surface area contributed by atoms with Gasteiger partial charge in [-0.15, -0.1) is 0 Å². The van der Waals surface area contributed by atoms with Crippen molar-refractivity contribution in [1.82, 2.24) is 20.2 Å². The molecule has 1 heterocycles. The van der Waals surface area contributed by atoms with Crippen molar-refractivity contribution in [2.75, 3.05) is 20.1 Å². The van der Waals surface area contributed by atoms with Crippen LogP contribution in [0.25, 0.3) is 0 Å². The molecule has 78 valence electrons. The molecule has 1 aromatic heterocycles. The lowest BCUT2D eigenvalue weighted by Gasteiger charge is -2.15. The molecule has 0 bridgehead atoms. The molecule has 0 atom stereocenters. The molecule has 0 amide bonds. The van der Waals surface area contributed by atoms with Gasteiger partial charge in [-0.05, 0) is 19.9 Å². The van der Waals surface area contributed by atoms with Gasteiger partial charge in [-0.3, -0.25) is 0 Å². The minimum absolute atomic E-state index is 0.865. The number of likely N-dealkylation sites (N-methyl/N-ethyl adjacent to an activating group) is 1. The predicted molar refractivity (Wildman–Crippen MR) is 55.9 cm³/mol. The quantitative estimate of drug-likeness (QED) is 0.652. The lowest BCUT2D eigenvalue weighted by molar-refractivity contribution is 0.321. The van der Waals surface area contributed by atoms with Crippen molar-refractivity contribution in [1.29, 1.82) is 0 Å². The Kier molecular flexibility index (Phi) is 3.16. The molecule has 1 aliphatic rings. The summed E-state index contributed by atoms with van der Waals surface area (Å²) in [6.45, 7) is 3.07. The number of imidazole rings is 1. The second kappa shape index (κ2) is 4.57. The van der Waals surface area contributed by atoms with Crippen LogP contribution in [0.2, 0.25) is 0 Å². The largest absolute Gasteiger partial charge is 0.347 e. The van der Waals surface area contributed by atoms with Crippen LogP contribution in [0, 0.1) is 0 Å². The third-order valence-electron chi connectivity index (χ3n) is 2.68. The second-order valence-electron chi connectivity index (χ2n) is 3.97. The molecule has 0 aliphatic heterocycles. The Bertz CT molecular complexity index is 253. The third kappa shape index (κ3) is 2.82. The highest BCUT2D eigenvalue weighted by molar-refractivity contribution is 4.93. The number of nitrogens with one attached hydrogen (secondary N) is 2. The van der Waals surface area contributed by atoms with Gasteiger partial charge in [0.25, 0.3) is 0 Å². The van der Waals surface area contributed by atoms with Crippen molar-refractivity contribution in [3.05, 3.63) is 18.2 Å². The molecule has 0 saturated heterocycles. The first kappa shape index (κ1) is 9.68. The van der Waals surface area contributed by atoms with E-state index < -0.39 is 0 Å². The summed E-state index contributed by atoms with van der Waals surface area (Å²) in [5.41, 5.74) is 1.15. The number of rotatable bonds is 6. The van der Waals surface area contributed by atoms with E-state index in [1.807, 2.05) is 6.20 Å². The summed E-state index contributed by atoms with van der Waals surface area (Å²) in [6.07, 6.45) is 6.35. The zero-order valence-corrected chi connectivity index (χ0v) is 8.66. The normalized spacial score (nSPS) is 16.4. The second-order valence-corrected chi connectivity index (χ2v) is 3.97. The monoisotopic (exact) mass is 194 g/mol. The van der Waals surface area contributed by atoms with E-state index in [1.165, 1.54) is 12.8 Å². The number of hydrogen-bond acceptors (Lipinski definition) is 3. The summed E-state index contributed by atoms with van der Waals surface area (Å²) in [5, 5.41) is 3.39. The zero-order valence-electron chi connectivity index (χ0n) is 8.66. The van der Waals surface area contributed by atoms with Gasteiger partial charge >= 0.3 is 0 Å². The number of aromatic nitrogens is 2. The van der Waals surface area contributed by atoms with E-state index >= 15 is 0 Å². The summed E-state index contributed by atoms with van der Waals surface area (Å²) in [5.74, 6) is 0. The van der Waals surface area contributed by atoms with Gasteiger partial charge in [0, 0.05) is 37.6 Å². The molecule has 2 N–H and O–H groups in total. The number of nitrogens with zero attached hydrogens (tertiary/aromatic N) is 2. The Morgan fingerprint density at radius 2 is 2.50 bits per heavy atom. The topological polar surface area (TPSA) is 44.0 Å². The van der Waals surface area contributed by atoms with Crippen LogP contribution in [0.1, 0.15) is 18.5 Å². The molecule has 0 aromatic carbocycles. The van der Waals surface area contributed by atoms with Crippen molar-refractivity contribution in [2.24, 2.45) is 0 Å². The minimum Gasteiger partial charge on any atom is -0.347 e. The van der Waals surface area contributed by atoms with Gasteiger partial charge in [-0.1, -0.05) is 0 Å². The first-order chi connectivity index (χ1) is 6.86. The zero-order chi connectivity index (χ0) is 9.80. The molecule has 1 aromatic rings. The average molecular weight is 194 g/mol. The molecule has 0 unspecified atom stereocenters. The van der Waals surface area contributed by atoms with Crippen molar-refractivity contribution in [3.63, 3.8) is 0 Å². The Balaban J connectivity index is 1.54. The Morgan fingerprint density at radius 3 is 3.14 bits per heavy atom. The minimum atomic E-state index is 0.865. The molecule has 0 spiro atoms. The van der Waals surface area contributed by atoms with Crippen molar-refractivity contribution >= 4 is 0 Å². The Hall–Kier alpha value is -0.870. The van der Waals surface area contributed by atoms with Crippen LogP contribution in [0.3, 0.4) is 0 Å². The average Bonchev–Trinajstić information content (AvgIpc) is 2.92.